The van der Waals surface area contributed by atoms with Crippen molar-refractivity contribution in [2.75, 3.05) is 13.1 Å². The summed E-state index contributed by atoms with van der Waals surface area (Å²) >= 11 is 0. The van der Waals surface area contributed by atoms with Gasteiger partial charge in [-0.05, 0) is 66.6 Å². The molecule has 3 nitrogen and oxygen atoms in total. The van der Waals surface area contributed by atoms with Gasteiger partial charge >= 0.3 is 0 Å². The number of amides is 1. The van der Waals surface area contributed by atoms with Crippen LogP contribution in [0.1, 0.15) is 31.7 Å². The molecule has 1 amide bonds. The molecule has 1 unspecified atom stereocenters. The topological polar surface area (TPSA) is 36.1 Å². The second-order valence-electron chi connectivity index (χ2n) is 7.62. The summed E-state index contributed by atoms with van der Waals surface area (Å²) < 4.78 is 13.3. The van der Waals surface area contributed by atoms with Crippen molar-refractivity contribution in [3.63, 3.8) is 0 Å². The maximum absolute atomic E-state index is 13.3. The van der Waals surface area contributed by atoms with Crippen LogP contribution >= 0.6 is 0 Å². The summed E-state index contributed by atoms with van der Waals surface area (Å²) in [4.78, 5) is 18.2. The normalized spacial score (nSPS) is 17.4. The molecule has 3 aromatic rings. The average Bonchev–Trinajstić information content (AvgIpc) is 3.05. The minimum Gasteiger partial charge on any atom is -0.354 e. The lowest BCUT2D eigenvalue weighted by Crippen LogP contribution is -2.39. The SMILES string of the molecule is CC1CCCN(C(=O)CCc2c(-c3ccc(F)cc3)[nH]c3ccccc23)C1. The van der Waals surface area contributed by atoms with Gasteiger partial charge in [-0.2, -0.15) is 0 Å². The number of hydrogen-bond acceptors (Lipinski definition) is 1. The van der Waals surface area contributed by atoms with Gasteiger partial charge in [0.2, 0.25) is 5.91 Å². The summed E-state index contributed by atoms with van der Waals surface area (Å²) in [6, 6.07) is 14.7. The molecule has 0 radical (unpaired) electrons. The number of carbonyl (C=O) groups is 1. The molecule has 1 aliphatic heterocycles. The molecule has 2 aromatic carbocycles. The largest absolute Gasteiger partial charge is 0.354 e. The van der Waals surface area contributed by atoms with Gasteiger partial charge < -0.3 is 9.88 Å². The van der Waals surface area contributed by atoms with E-state index in [0.29, 0.717) is 18.8 Å². The Morgan fingerprint density at radius 3 is 2.74 bits per heavy atom. The highest BCUT2D eigenvalue weighted by atomic mass is 19.1. The average molecular weight is 364 g/mol. The first-order valence-corrected chi connectivity index (χ1v) is 9.75. The second-order valence-corrected chi connectivity index (χ2v) is 7.62. The van der Waals surface area contributed by atoms with Crippen molar-refractivity contribution in [2.45, 2.75) is 32.6 Å². The predicted molar refractivity (Wildman–Crippen MR) is 107 cm³/mol. The Morgan fingerprint density at radius 1 is 1.19 bits per heavy atom. The van der Waals surface area contributed by atoms with Crippen LogP contribution in [0.3, 0.4) is 0 Å². The predicted octanol–water partition coefficient (Wildman–Crippen LogP) is 5.17. The number of fused-ring (bicyclic) bond motifs is 1. The van der Waals surface area contributed by atoms with E-state index < -0.39 is 0 Å². The quantitative estimate of drug-likeness (QED) is 0.681. The highest BCUT2D eigenvalue weighted by Crippen LogP contribution is 2.31. The van der Waals surface area contributed by atoms with E-state index in [-0.39, 0.29) is 11.7 Å². The molecule has 0 bridgehead atoms. The zero-order valence-corrected chi connectivity index (χ0v) is 15.7. The van der Waals surface area contributed by atoms with Crippen LogP contribution in [-0.2, 0) is 11.2 Å². The van der Waals surface area contributed by atoms with Crippen molar-refractivity contribution >= 4 is 16.8 Å². The maximum atomic E-state index is 13.3. The van der Waals surface area contributed by atoms with Gasteiger partial charge in [-0.15, -0.1) is 0 Å². The zero-order chi connectivity index (χ0) is 18.8. The zero-order valence-electron chi connectivity index (χ0n) is 15.7. The van der Waals surface area contributed by atoms with E-state index in [1.807, 2.05) is 23.1 Å². The van der Waals surface area contributed by atoms with E-state index in [1.165, 1.54) is 18.6 Å². The number of para-hydroxylation sites is 1. The van der Waals surface area contributed by atoms with Gasteiger partial charge in [0.25, 0.3) is 0 Å². The third kappa shape index (κ3) is 3.75. The Bertz CT molecular complexity index is 945. The molecule has 0 spiro atoms. The maximum Gasteiger partial charge on any atom is 0.222 e. The summed E-state index contributed by atoms with van der Waals surface area (Å²) in [5.41, 5.74) is 4.11. The van der Waals surface area contributed by atoms with Crippen molar-refractivity contribution in [1.29, 1.82) is 0 Å². The lowest BCUT2D eigenvalue weighted by Gasteiger charge is -2.31. The summed E-state index contributed by atoms with van der Waals surface area (Å²) in [5, 5.41) is 1.14. The first kappa shape index (κ1) is 17.8. The number of aromatic amines is 1. The Labute approximate surface area is 159 Å². The van der Waals surface area contributed by atoms with Crippen molar-refractivity contribution in [2.24, 2.45) is 5.92 Å². The summed E-state index contributed by atoms with van der Waals surface area (Å²) in [6.07, 6.45) is 3.49. The Hall–Kier alpha value is -2.62. The lowest BCUT2D eigenvalue weighted by atomic mass is 9.98. The number of benzene rings is 2. The van der Waals surface area contributed by atoms with E-state index in [1.54, 1.807) is 12.1 Å². The standard InChI is InChI=1S/C23H25FN2O/c1-16-5-4-14-26(15-16)22(27)13-12-20-19-6-2-3-7-21(19)25-23(20)17-8-10-18(24)11-9-17/h2-3,6-11,16,25H,4-5,12-15H2,1H3. The third-order valence-electron chi connectivity index (χ3n) is 5.55. The number of piperidine rings is 1. The number of likely N-dealkylation sites (tertiary alicyclic amines) is 1. The van der Waals surface area contributed by atoms with Gasteiger partial charge in [-0.25, -0.2) is 4.39 Å². The molecule has 0 aliphatic carbocycles. The number of carbonyl (C=O) groups excluding carboxylic acids is 1. The molecule has 27 heavy (non-hydrogen) atoms. The van der Waals surface area contributed by atoms with Gasteiger partial charge in [0.05, 0.1) is 0 Å². The number of hydrogen-bond donors (Lipinski definition) is 1. The van der Waals surface area contributed by atoms with Crippen LogP contribution in [0, 0.1) is 11.7 Å². The summed E-state index contributed by atoms with van der Waals surface area (Å²) in [6.45, 7) is 3.96. The van der Waals surface area contributed by atoms with Crippen LogP contribution in [0.15, 0.2) is 48.5 Å². The van der Waals surface area contributed by atoms with Gasteiger partial charge in [0.1, 0.15) is 5.82 Å². The molecular formula is C23H25FN2O. The Kier molecular flexibility index (Phi) is 4.97. The Morgan fingerprint density at radius 2 is 1.96 bits per heavy atom. The minimum absolute atomic E-state index is 0.233. The first-order chi connectivity index (χ1) is 13.1. The van der Waals surface area contributed by atoms with Crippen LogP contribution in [-0.4, -0.2) is 28.9 Å². The summed E-state index contributed by atoms with van der Waals surface area (Å²) in [7, 11) is 0. The number of nitrogens with zero attached hydrogens (tertiary/aromatic N) is 1. The number of nitrogens with one attached hydrogen (secondary N) is 1. The van der Waals surface area contributed by atoms with Crippen LogP contribution < -0.4 is 0 Å². The van der Waals surface area contributed by atoms with E-state index in [0.717, 1.165) is 47.2 Å². The van der Waals surface area contributed by atoms with E-state index in [4.69, 9.17) is 0 Å². The van der Waals surface area contributed by atoms with Gasteiger partial charge in [0.15, 0.2) is 0 Å². The number of halogens is 1. The smallest absolute Gasteiger partial charge is 0.222 e. The number of H-pyrrole nitrogens is 1. The molecule has 140 valence electrons. The van der Waals surface area contributed by atoms with Crippen LogP contribution in [0.25, 0.3) is 22.2 Å². The third-order valence-corrected chi connectivity index (χ3v) is 5.55. The van der Waals surface area contributed by atoms with Gasteiger partial charge in [0, 0.05) is 36.1 Å². The van der Waals surface area contributed by atoms with E-state index in [9.17, 15) is 9.18 Å². The fourth-order valence-electron chi connectivity index (χ4n) is 4.13. The molecule has 0 saturated carbocycles. The molecule has 1 aliphatic rings. The lowest BCUT2D eigenvalue weighted by molar-refractivity contribution is -0.132. The van der Waals surface area contributed by atoms with E-state index in [2.05, 4.69) is 18.0 Å². The number of rotatable bonds is 4. The minimum atomic E-state index is -0.245. The van der Waals surface area contributed by atoms with Crippen molar-refractivity contribution < 1.29 is 9.18 Å². The molecule has 4 heteroatoms. The highest BCUT2D eigenvalue weighted by molar-refractivity contribution is 5.91. The molecule has 1 aromatic heterocycles. The molecule has 1 fully saturated rings. The molecule has 1 atom stereocenters. The van der Waals surface area contributed by atoms with Crippen molar-refractivity contribution in [3.05, 3.63) is 59.9 Å². The number of aromatic nitrogens is 1. The van der Waals surface area contributed by atoms with E-state index >= 15 is 0 Å². The monoisotopic (exact) mass is 364 g/mol. The van der Waals surface area contributed by atoms with Gasteiger partial charge in [-0.3, -0.25) is 4.79 Å². The van der Waals surface area contributed by atoms with Crippen molar-refractivity contribution in [3.8, 4) is 11.3 Å². The first-order valence-electron chi connectivity index (χ1n) is 9.75. The molecular weight excluding hydrogens is 339 g/mol. The fraction of sp³-hybridized carbons (Fsp3) is 0.348. The molecule has 1 saturated heterocycles. The second kappa shape index (κ2) is 7.55. The van der Waals surface area contributed by atoms with Crippen LogP contribution in [0.4, 0.5) is 4.39 Å². The summed E-state index contributed by atoms with van der Waals surface area (Å²) in [5.74, 6) is 0.577. The Balaban J connectivity index is 1.61. The number of aryl methyl sites for hydroxylation is 1. The van der Waals surface area contributed by atoms with Crippen molar-refractivity contribution in [1.82, 2.24) is 9.88 Å². The molecule has 1 N–H and O–H groups in total. The fourth-order valence-corrected chi connectivity index (χ4v) is 4.13. The highest BCUT2D eigenvalue weighted by Gasteiger charge is 2.22. The molecule has 2 heterocycles. The van der Waals surface area contributed by atoms with Gasteiger partial charge in [-0.1, -0.05) is 25.1 Å². The molecule has 4 rings (SSSR count). The van der Waals surface area contributed by atoms with Crippen LogP contribution in [0.5, 0.6) is 0 Å². The van der Waals surface area contributed by atoms with Crippen LogP contribution in [0.2, 0.25) is 0 Å².